The van der Waals surface area contributed by atoms with Gasteiger partial charge in [0.2, 0.25) is 0 Å². The molecule has 1 aromatic rings. The SMILES string of the molecule is CC1OCCC1(O)CNCC1OCCc2ccccc21. The van der Waals surface area contributed by atoms with Gasteiger partial charge in [-0.3, -0.25) is 0 Å². The van der Waals surface area contributed by atoms with E-state index in [2.05, 4.69) is 29.6 Å². The average Bonchev–Trinajstić information content (AvgIpc) is 2.79. The number of ether oxygens (including phenoxy) is 2. The quantitative estimate of drug-likeness (QED) is 0.874. The van der Waals surface area contributed by atoms with E-state index in [9.17, 15) is 5.11 Å². The van der Waals surface area contributed by atoms with E-state index in [0.29, 0.717) is 19.6 Å². The molecule has 0 spiro atoms. The molecule has 2 aliphatic heterocycles. The summed E-state index contributed by atoms with van der Waals surface area (Å²) in [5, 5.41) is 13.8. The lowest BCUT2D eigenvalue weighted by molar-refractivity contribution is -0.0298. The molecule has 2 aliphatic rings. The lowest BCUT2D eigenvalue weighted by Gasteiger charge is -2.30. The van der Waals surface area contributed by atoms with Crippen molar-refractivity contribution in [2.24, 2.45) is 0 Å². The Morgan fingerprint density at radius 1 is 1.30 bits per heavy atom. The van der Waals surface area contributed by atoms with Gasteiger partial charge in [0.25, 0.3) is 0 Å². The molecule has 0 saturated carbocycles. The third-order valence-electron chi connectivity index (χ3n) is 4.51. The maximum absolute atomic E-state index is 10.5. The zero-order valence-electron chi connectivity index (χ0n) is 12.0. The van der Waals surface area contributed by atoms with Crippen molar-refractivity contribution in [3.05, 3.63) is 35.4 Å². The van der Waals surface area contributed by atoms with Crippen LogP contribution in [0.1, 0.15) is 30.6 Å². The number of benzene rings is 1. The molecule has 0 amide bonds. The minimum Gasteiger partial charge on any atom is -0.386 e. The van der Waals surface area contributed by atoms with Crippen LogP contribution in [0.15, 0.2) is 24.3 Å². The number of aliphatic hydroxyl groups is 1. The molecule has 110 valence electrons. The Balaban J connectivity index is 1.57. The van der Waals surface area contributed by atoms with Gasteiger partial charge in [-0.15, -0.1) is 0 Å². The number of hydrogen-bond donors (Lipinski definition) is 2. The molecule has 4 nitrogen and oxygen atoms in total. The van der Waals surface area contributed by atoms with E-state index in [1.165, 1.54) is 11.1 Å². The Labute approximate surface area is 120 Å². The van der Waals surface area contributed by atoms with Crippen molar-refractivity contribution in [1.82, 2.24) is 5.32 Å². The van der Waals surface area contributed by atoms with Crippen molar-refractivity contribution in [1.29, 1.82) is 0 Å². The molecular weight excluding hydrogens is 254 g/mol. The molecule has 2 heterocycles. The Kier molecular flexibility index (Phi) is 4.08. The maximum Gasteiger partial charge on any atom is 0.105 e. The molecule has 2 N–H and O–H groups in total. The average molecular weight is 277 g/mol. The van der Waals surface area contributed by atoms with Gasteiger partial charge < -0.3 is 19.9 Å². The monoisotopic (exact) mass is 277 g/mol. The molecule has 0 aliphatic carbocycles. The van der Waals surface area contributed by atoms with Gasteiger partial charge >= 0.3 is 0 Å². The lowest BCUT2D eigenvalue weighted by atomic mass is 9.95. The van der Waals surface area contributed by atoms with E-state index in [4.69, 9.17) is 9.47 Å². The molecule has 3 rings (SSSR count). The van der Waals surface area contributed by atoms with E-state index in [1.807, 2.05) is 6.92 Å². The van der Waals surface area contributed by atoms with E-state index in [-0.39, 0.29) is 12.2 Å². The van der Waals surface area contributed by atoms with Crippen molar-refractivity contribution >= 4 is 0 Å². The summed E-state index contributed by atoms with van der Waals surface area (Å²) >= 11 is 0. The second-order valence-corrected chi connectivity index (χ2v) is 5.81. The Hall–Kier alpha value is -0.940. The zero-order chi connectivity index (χ0) is 14.0. The maximum atomic E-state index is 10.5. The van der Waals surface area contributed by atoms with E-state index in [1.54, 1.807) is 0 Å². The minimum atomic E-state index is -0.742. The van der Waals surface area contributed by atoms with E-state index in [0.717, 1.165) is 19.6 Å². The van der Waals surface area contributed by atoms with Crippen molar-refractivity contribution in [2.75, 3.05) is 26.3 Å². The first-order valence-electron chi connectivity index (χ1n) is 7.43. The molecular formula is C16H23NO3. The first-order chi connectivity index (χ1) is 9.69. The fraction of sp³-hybridized carbons (Fsp3) is 0.625. The zero-order valence-corrected chi connectivity index (χ0v) is 12.0. The molecule has 3 atom stereocenters. The Bertz CT molecular complexity index is 465. The van der Waals surface area contributed by atoms with Crippen LogP contribution in [0.5, 0.6) is 0 Å². The highest BCUT2D eigenvalue weighted by Crippen LogP contribution is 2.27. The summed E-state index contributed by atoms with van der Waals surface area (Å²) in [5.74, 6) is 0. The van der Waals surface area contributed by atoms with E-state index < -0.39 is 5.60 Å². The molecule has 0 bridgehead atoms. The lowest BCUT2D eigenvalue weighted by Crippen LogP contribution is -2.47. The van der Waals surface area contributed by atoms with Gasteiger partial charge in [-0.05, 0) is 24.5 Å². The van der Waals surface area contributed by atoms with Gasteiger partial charge in [-0.2, -0.15) is 0 Å². The molecule has 3 unspecified atom stereocenters. The molecule has 0 radical (unpaired) electrons. The van der Waals surface area contributed by atoms with Gasteiger partial charge in [0.05, 0.1) is 18.8 Å². The summed E-state index contributed by atoms with van der Waals surface area (Å²) in [5.41, 5.74) is 1.91. The van der Waals surface area contributed by atoms with Crippen LogP contribution in [-0.2, 0) is 15.9 Å². The predicted octanol–water partition coefficient (Wildman–Crippen LogP) is 1.43. The van der Waals surface area contributed by atoms with Crippen LogP contribution >= 0.6 is 0 Å². The van der Waals surface area contributed by atoms with Crippen LogP contribution in [0.4, 0.5) is 0 Å². The highest BCUT2D eigenvalue weighted by Gasteiger charge is 2.39. The van der Waals surface area contributed by atoms with Gasteiger partial charge in [0, 0.05) is 26.1 Å². The summed E-state index contributed by atoms with van der Waals surface area (Å²) in [6.07, 6.45) is 1.67. The summed E-state index contributed by atoms with van der Waals surface area (Å²) in [4.78, 5) is 0. The summed E-state index contributed by atoms with van der Waals surface area (Å²) in [7, 11) is 0. The second-order valence-electron chi connectivity index (χ2n) is 5.81. The largest absolute Gasteiger partial charge is 0.386 e. The number of nitrogens with one attached hydrogen (secondary N) is 1. The highest BCUT2D eigenvalue weighted by molar-refractivity contribution is 5.31. The van der Waals surface area contributed by atoms with Gasteiger partial charge in [0.1, 0.15) is 5.60 Å². The standard InChI is InChI=1S/C16H23NO3/c1-12-16(18,7-9-19-12)11-17-10-15-14-5-3-2-4-13(14)6-8-20-15/h2-5,12,15,17-18H,6-11H2,1H3. The summed E-state index contributed by atoms with van der Waals surface area (Å²) in [6.45, 7) is 4.62. The van der Waals surface area contributed by atoms with Gasteiger partial charge in [-0.25, -0.2) is 0 Å². The van der Waals surface area contributed by atoms with Crippen molar-refractivity contribution in [3.8, 4) is 0 Å². The topological polar surface area (TPSA) is 50.7 Å². The van der Waals surface area contributed by atoms with Gasteiger partial charge in [-0.1, -0.05) is 24.3 Å². The molecule has 0 aromatic heterocycles. The van der Waals surface area contributed by atoms with Crippen molar-refractivity contribution < 1.29 is 14.6 Å². The van der Waals surface area contributed by atoms with Crippen molar-refractivity contribution in [2.45, 2.75) is 37.6 Å². The molecule has 1 saturated heterocycles. The van der Waals surface area contributed by atoms with Crippen LogP contribution in [0.2, 0.25) is 0 Å². The minimum absolute atomic E-state index is 0.0844. The van der Waals surface area contributed by atoms with Crippen LogP contribution in [0.3, 0.4) is 0 Å². The second kappa shape index (κ2) is 5.82. The third-order valence-corrected chi connectivity index (χ3v) is 4.51. The predicted molar refractivity (Wildman–Crippen MR) is 76.7 cm³/mol. The fourth-order valence-corrected chi connectivity index (χ4v) is 3.07. The highest BCUT2D eigenvalue weighted by atomic mass is 16.5. The van der Waals surface area contributed by atoms with Crippen LogP contribution in [-0.4, -0.2) is 43.1 Å². The molecule has 20 heavy (non-hydrogen) atoms. The number of rotatable bonds is 4. The van der Waals surface area contributed by atoms with E-state index >= 15 is 0 Å². The molecule has 4 heteroatoms. The van der Waals surface area contributed by atoms with Crippen LogP contribution in [0.25, 0.3) is 0 Å². The number of fused-ring (bicyclic) bond motifs is 1. The Morgan fingerprint density at radius 3 is 2.95 bits per heavy atom. The van der Waals surface area contributed by atoms with Crippen molar-refractivity contribution in [3.63, 3.8) is 0 Å². The number of hydrogen-bond acceptors (Lipinski definition) is 4. The fourth-order valence-electron chi connectivity index (χ4n) is 3.07. The first kappa shape index (κ1) is 14.0. The summed E-state index contributed by atoms with van der Waals surface area (Å²) < 4.78 is 11.3. The normalized spacial score (nSPS) is 33.1. The third kappa shape index (κ3) is 2.74. The van der Waals surface area contributed by atoms with Crippen LogP contribution in [0, 0.1) is 0 Å². The van der Waals surface area contributed by atoms with Crippen LogP contribution < -0.4 is 5.32 Å². The molecule has 1 fully saturated rings. The molecule has 1 aromatic carbocycles. The summed E-state index contributed by atoms with van der Waals surface area (Å²) in [6, 6.07) is 8.44. The van der Waals surface area contributed by atoms with Gasteiger partial charge in [0.15, 0.2) is 0 Å². The smallest absolute Gasteiger partial charge is 0.105 e. The Morgan fingerprint density at radius 2 is 2.15 bits per heavy atom. The first-order valence-corrected chi connectivity index (χ1v) is 7.43.